The van der Waals surface area contributed by atoms with Gasteiger partial charge in [0.2, 0.25) is 0 Å². The molecule has 1 aromatic rings. The molecule has 0 aromatic carbocycles. The molecule has 14 heavy (non-hydrogen) atoms. The van der Waals surface area contributed by atoms with E-state index in [1.807, 2.05) is 18.7 Å². The smallest absolute Gasteiger partial charge is 0.0738 e. The Bertz CT molecular complexity index is 307. The van der Waals surface area contributed by atoms with E-state index in [0.29, 0.717) is 6.54 Å². The molecule has 80 valence electrons. The Morgan fingerprint density at radius 2 is 2.29 bits per heavy atom. The summed E-state index contributed by atoms with van der Waals surface area (Å²) in [7, 11) is 1.90. The maximum Gasteiger partial charge on any atom is 0.0738 e. The van der Waals surface area contributed by atoms with Crippen LogP contribution in [0.3, 0.4) is 0 Å². The van der Waals surface area contributed by atoms with Crippen molar-refractivity contribution in [2.24, 2.45) is 18.7 Å². The second-order valence-corrected chi connectivity index (χ2v) is 4.25. The van der Waals surface area contributed by atoms with Gasteiger partial charge in [0.25, 0.3) is 0 Å². The number of nitrogens with two attached hydrogens (primary N) is 1. The Morgan fingerprint density at radius 3 is 2.64 bits per heavy atom. The van der Waals surface area contributed by atoms with E-state index in [1.165, 1.54) is 0 Å². The predicted molar refractivity (Wildman–Crippen MR) is 59.0 cm³/mol. The normalized spacial score (nSPS) is 13.2. The first-order chi connectivity index (χ1) is 6.60. The van der Waals surface area contributed by atoms with Crippen LogP contribution in [-0.2, 0) is 13.5 Å². The van der Waals surface area contributed by atoms with E-state index in [-0.39, 0.29) is 12.5 Å². The summed E-state index contributed by atoms with van der Waals surface area (Å²) in [4.78, 5) is 0. The number of aliphatic hydroxyl groups excluding tert-OH is 1. The molecule has 3 N–H and O–H groups in total. The van der Waals surface area contributed by atoms with Gasteiger partial charge in [-0.05, 0) is 41.7 Å². The molecule has 1 aromatic heterocycles. The number of rotatable bonds is 4. The van der Waals surface area contributed by atoms with E-state index < -0.39 is 0 Å². The number of aliphatic hydroxyl groups is 1. The van der Waals surface area contributed by atoms with Gasteiger partial charge in [0.15, 0.2) is 0 Å². The molecule has 0 saturated heterocycles. The number of halogens is 1. The lowest BCUT2D eigenvalue weighted by molar-refractivity contribution is 0.228. The van der Waals surface area contributed by atoms with Gasteiger partial charge in [-0.1, -0.05) is 0 Å². The lowest BCUT2D eigenvalue weighted by Gasteiger charge is -2.11. The monoisotopic (exact) mass is 261 g/mol. The molecule has 1 heterocycles. The van der Waals surface area contributed by atoms with Crippen LogP contribution in [0.1, 0.15) is 11.4 Å². The van der Waals surface area contributed by atoms with E-state index in [0.717, 1.165) is 22.3 Å². The van der Waals surface area contributed by atoms with E-state index in [4.69, 9.17) is 10.8 Å². The number of hydrogen-bond acceptors (Lipinski definition) is 3. The number of aromatic nitrogens is 2. The highest BCUT2D eigenvalue weighted by atomic mass is 79.9. The van der Waals surface area contributed by atoms with Gasteiger partial charge in [-0.15, -0.1) is 0 Å². The van der Waals surface area contributed by atoms with Gasteiger partial charge in [-0.3, -0.25) is 4.68 Å². The molecule has 0 spiro atoms. The van der Waals surface area contributed by atoms with E-state index in [2.05, 4.69) is 21.0 Å². The highest BCUT2D eigenvalue weighted by Gasteiger charge is 2.14. The summed E-state index contributed by atoms with van der Waals surface area (Å²) in [5.41, 5.74) is 7.59. The fourth-order valence-corrected chi connectivity index (χ4v) is 1.90. The SMILES string of the molecule is Cc1nn(C)c(CC(CN)CO)c1Br. The Kier molecular flexibility index (Phi) is 4.10. The summed E-state index contributed by atoms with van der Waals surface area (Å²) >= 11 is 3.48. The second-order valence-electron chi connectivity index (χ2n) is 3.46. The highest BCUT2D eigenvalue weighted by Crippen LogP contribution is 2.22. The van der Waals surface area contributed by atoms with E-state index in [1.54, 1.807) is 0 Å². The minimum Gasteiger partial charge on any atom is -0.396 e. The highest BCUT2D eigenvalue weighted by molar-refractivity contribution is 9.10. The molecule has 1 rings (SSSR count). The quantitative estimate of drug-likeness (QED) is 0.835. The minimum atomic E-state index is 0.112. The van der Waals surface area contributed by atoms with Crippen LogP contribution >= 0.6 is 15.9 Å². The maximum absolute atomic E-state index is 9.05. The summed E-state index contributed by atoms with van der Waals surface area (Å²) in [6.07, 6.45) is 0.755. The zero-order valence-electron chi connectivity index (χ0n) is 8.50. The topological polar surface area (TPSA) is 64.1 Å². The van der Waals surface area contributed by atoms with Crippen LogP contribution in [0.2, 0.25) is 0 Å². The minimum absolute atomic E-state index is 0.112. The molecule has 0 amide bonds. The van der Waals surface area contributed by atoms with Crippen molar-refractivity contribution in [3.63, 3.8) is 0 Å². The van der Waals surface area contributed by atoms with Gasteiger partial charge in [0.1, 0.15) is 0 Å². The van der Waals surface area contributed by atoms with Crippen molar-refractivity contribution in [3.8, 4) is 0 Å². The van der Waals surface area contributed by atoms with Crippen LogP contribution < -0.4 is 5.73 Å². The zero-order chi connectivity index (χ0) is 10.7. The van der Waals surface area contributed by atoms with Crippen molar-refractivity contribution >= 4 is 15.9 Å². The van der Waals surface area contributed by atoms with Crippen LogP contribution in [0.4, 0.5) is 0 Å². The van der Waals surface area contributed by atoms with Crippen molar-refractivity contribution in [2.75, 3.05) is 13.2 Å². The molecule has 1 atom stereocenters. The molecule has 0 bridgehead atoms. The zero-order valence-corrected chi connectivity index (χ0v) is 10.1. The molecular weight excluding hydrogens is 246 g/mol. The fraction of sp³-hybridized carbons (Fsp3) is 0.667. The van der Waals surface area contributed by atoms with E-state index >= 15 is 0 Å². The summed E-state index contributed by atoms with van der Waals surface area (Å²) in [6.45, 7) is 2.56. The van der Waals surface area contributed by atoms with Crippen LogP contribution in [0.25, 0.3) is 0 Å². The molecule has 0 fully saturated rings. The molecule has 0 saturated carbocycles. The van der Waals surface area contributed by atoms with Gasteiger partial charge in [0.05, 0.1) is 15.9 Å². The Morgan fingerprint density at radius 1 is 1.64 bits per heavy atom. The standard InChI is InChI=1S/C9H16BrN3O/c1-6-9(10)8(13(2)12-6)3-7(4-11)5-14/h7,14H,3-5,11H2,1-2H3. The largest absolute Gasteiger partial charge is 0.396 e. The van der Waals surface area contributed by atoms with Gasteiger partial charge in [-0.2, -0.15) is 5.10 Å². The third-order valence-electron chi connectivity index (χ3n) is 2.34. The number of nitrogens with zero attached hydrogens (tertiary/aromatic N) is 2. The number of aryl methyl sites for hydroxylation is 2. The van der Waals surface area contributed by atoms with Gasteiger partial charge in [0, 0.05) is 13.7 Å². The number of hydrogen-bond donors (Lipinski definition) is 2. The van der Waals surface area contributed by atoms with Crippen LogP contribution in [0, 0.1) is 12.8 Å². The van der Waals surface area contributed by atoms with Crippen LogP contribution in [-0.4, -0.2) is 28.0 Å². The van der Waals surface area contributed by atoms with Gasteiger partial charge in [-0.25, -0.2) is 0 Å². The third kappa shape index (κ3) is 2.34. The van der Waals surface area contributed by atoms with Gasteiger partial charge >= 0.3 is 0 Å². The van der Waals surface area contributed by atoms with Crippen LogP contribution in [0.5, 0.6) is 0 Å². The first-order valence-electron chi connectivity index (χ1n) is 4.59. The molecule has 1 unspecified atom stereocenters. The Labute approximate surface area is 92.2 Å². The lowest BCUT2D eigenvalue weighted by atomic mass is 10.0. The van der Waals surface area contributed by atoms with E-state index in [9.17, 15) is 0 Å². The summed E-state index contributed by atoms with van der Waals surface area (Å²) in [5, 5.41) is 13.3. The molecule has 0 aliphatic carbocycles. The molecule has 0 aliphatic rings. The molecular formula is C9H16BrN3O. The molecule has 5 heteroatoms. The van der Waals surface area contributed by atoms with Crippen molar-refractivity contribution in [1.82, 2.24) is 9.78 Å². The van der Waals surface area contributed by atoms with Crippen molar-refractivity contribution in [2.45, 2.75) is 13.3 Å². The average molecular weight is 262 g/mol. The van der Waals surface area contributed by atoms with Crippen molar-refractivity contribution in [3.05, 3.63) is 15.9 Å². The van der Waals surface area contributed by atoms with Gasteiger partial charge < -0.3 is 10.8 Å². The maximum atomic E-state index is 9.05. The summed E-state index contributed by atoms with van der Waals surface area (Å²) in [6, 6.07) is 0. The molecule has 4 nitrogen and oxygen atoms in total. The van der Waals surface area contributed by atoms with Crippen molar-refractivity contribution < 1.29 is 5.11 Å². The Hall–Kier alpha value is -0.390. The second kappa shape index (κ2) is 4.91. The summed E-state index contributed by atoms with van der Waals surface area (Å²) < 4.78 is 2.85. The predicted octanol–water partition coefficient (Wildman–Crippen LogP) is 0.601. The fourth-order valence-electron chi connectivity index (χ4n) is 1.40. The first-order valence-corrected chi connectivity index (χ1v) is 5.38. The van der Waals surface area contributed by atoms with Crippen molar-refractivity contribution in [1.29, 1.82) is 0 Å². The molecule has 0 aliphatic heterocycles. The van der Waals surface area contributed by atoms with Crippen LogP contribution in [0.15, 0.2) is 4.47 Å². The lowest BCUT2D eigenvalue weighted by Crippen LogP contribution is -2.21. The first kappa shape index (κ1) is 11.7. The third-order valence-corrected chi connectivity index (χ3v) is 3.37. The average Bonchev–Trinajstić information content (AvgIpc) is 2.40. The Balaban J connectivity index is 2.84. The molecule has 0 radical (unpaired) electrons. The summed E-state index contributed by atoms with van der Waals surface area (Å²) in [5.74, 6) is 0.112.